The number of aryl methyl sites for hydroxylation is 1. The van der Waals surface area contributed by atoms with Crippen LogP contribution in [-0.2, 0) is 9.53 Å². The van der Waals surface area contributed by atoms with Gasteiger partial charge in [0.25, 0.3) is 0 Å². The number of rotatable bonds is 4. The van der Waals surface area contributed by atoms with Crippen LogP contribution in [0.3, 0.4) is 0 Å². The van der Waals surface area contributed by atoms with Crippen molar-refractivity contribution in [3.8, 4) is 5.75 Å². The van der Waals surface area contributed by atoms with Crippen LogP contribution in [0.2, 0.25) is 5.02 Å². The van der Waals surface area contributed by atoms with E-state index < -0.39 is 5.97 Å². The fraction of sp³-hybridized carbons (Fsp3) is 0.364. The fourth-order valence-corrected chi connectivity index (χ4v) is 2.23. The Morgan fingerprint density at radius 1 is 1.50 bits per heavy atom. The molecule has 0 aliphatic rings. The van der Waals surface area contributed by atoms with E-state index >= 15 is 0 Å². The van der Waals surface area contributed by atoms with E-state index in [1.54, 1.807) is 13.0 Å². The Balaban J connectivity index is 2.70. The molecule has 0 aliphatic carbocycles. The molecule has 0 heterocycles. The van der Waals surface area contributed by atoms with Crippen LogP contribution in [0, 0.1) is 6.92 Å². The molecule has 1 rings (SSSR count). The lowest BCUT2D eigenvalue weighted by atomic mass is 10.2. The van der Waals surface area contributed by atoms with Crippen molar-refractivity contribution in [3.63, 3.8) is 0 Å². The van der Waals surface area contributed by atoms with Crippen molar-refractivity contribution in [1.29, 1.82) is 0 Å². The third-order valence-corrected chi connectivity index (χ3v) is 2.57. The molecule has 1 aromatic carbocycles. The molecule has 0 spiro atoms. The molecule has 0 unspecified atom stereocenters. The lowest BCUT2D eigenvalue weighted by Crippen LogP contribution is -2.15. The van der Waals surface area contributed by atoms with Gasteiger partial charge in [-0.05, 0) is 31.5 Å². The molecule has 3 nitrogen and oxygen atoms in total. The van der Waals surface area contributed by atoms with Crippen molar-refractivity contribution in [2.45, 2.75) is 13.8 Å². The van der Waals surface area contributed by atoms with Gasteiger partial charge in [-0.15, -0.1) is 0 Å². The molecule has 0 aromatic heterocycles. The van der Waals surface area contributed by atoms with Crippen molar-refractivity contribution >= 4 is 33.5 Å². The van der Waals surface area contributed by atoms with Gasteiger partial charge in [0.05, 0.1) is 11.6 Å². The van der Waals surface area contributed by atoms with Crippen LogP contribution in [0.25, 0.3) is 0 Å². The summed E-state index contributed by atoms with van der Waals surface area (Å²) in [5, 5.41) is 0.469. The van der Waals surface area contributed by atoms with Crippen LogP contribution in [0.15, 0.2) is 16.6 Å². The standard InChI is InChI=1S/C11H12BrClO3/c1-3-15-10(14)6-16-11-7(2)4-8(12)5-9(11)13/h4-5H,3,6H2,1-2H3. The van der Waals surface area contributed by atoms with Gasteiger partial charge in [0.15, 0.2) is 6.61 Å². The normalized spacial score (nSPS) is 10.0. The Hall–Kier alpha value is -0.740. The largest absolute Gasteiger partial charge is 0.480 e. The van der Waals surface area contributed by atoms with Crippen LogP contribution in [0.5, 0.6) is 5.75 Å². The van der Waals surface area contributed by atoms with Crippen molar-refractivity contribution in [1.82, 2.24) is 0 Å². The molecule has 0 atom stereocenters. The number of benzene rings is 1. The number of carbonyl (C=O) groups excluding carboxylic acids is 1. The maximum Gasteiger partial charge on any atom is 0.344 e. The number of esters is 1. The van der Waals surface area contributed by atoms with Crippen LogP contribution >= 0.6 is 27.5 Å². The maximum atomic E-state index is 11.1. The lowest BCUT2D eigenvalue weighted by molar-refractivity contribution is -0.145. The summed E-state index contributed by atoms with van der Waals surface area (Å²) in [6, 6.07) is 3.58. The molecule has 0 fully saturated rings. The maximum absolute atomic E-state index is 11.1. The Morgan fingerprint density at radius 2 is 2.19 bits per heavy atom. The Bertz CT molecular complexity index is 370. The van der Waals surface area contributed by atoms with E-state index in [2.05, 4.69) is 15.9 Å². The van der Waals surface area contributed by atoms with Crippen LogP contribution < -0.4 is 4.74 Å². The van der Waals surface area contributed by atoms with Gasteiger partial charge in [-0.2, -0.15) is 0 Å². The van der Waals surface area contributed by atoms with E-state index in [1.807, 2.05) is 13.0 Å². The van der Waals surface area contributed by atoms with Gasteiger partial charge in [0.2, 0.25) is 0 Å². The zero-order valence-corrected chi connectivity index (χ0v) is 11.4. The van der Waals surface area contributed by atoms with Crippen molar-refractivity contribution in [2.24, 2.45) is 0 Å². The zero-order chi connectivity index (χ0) is 12.1. The number of hydrogen-bond donors (Lipinski definition) is 0. The van der Waals surface area contributed by atoms with E-state index in [1.165, 1.54) is 0 Å². The summed E-state index contributed by atoms with van der Waals surface area (Å²) in [6.07, 6.45) is 0. The first-order valence-electron chi connectivity index (χ1n) is 4.78. The van der Waals surface area contributed by atoms with Crippen LogP contribution in [0.1, 0.15) is 12.5 Å². The smallest absolute Gasteiger partial charge is 0.344 e. The van der Waals surface area contributed by atoms with Crippen molar-refractivity contribution in [3.05, 3.63) is 27.2 Å². The van der Waals surface area contributed by atoms with E-state index in [0.717, 1.165) is 10.0 Å². The molecule has 0 radical (unpaired) electrons. The molecule has 16 heavy (non-hydrogen) atoms. The first kappa shape index (κ1) is 13.3. The molecule has 0 bridgehead atoms. The summed E-state index contributed by atoms with van der Waals surface area (Å²) in [6.45, 7) is 3.82. The van der Waals surface area contributed by atoms with Crippen molar-refractivity contribution < 1.29 is 14.3 Å². The third-order valence-electron chi connectivity index (χ3n) is 1.83. The number of ether oxygens (including phenoxy) is 2. The SMILES string of the molecule is CCOC(=O)COc1c(C)cc(Br)cc1Cl. The summed E-state index contributed by atoms with van der Waals surface area (Å²) in [7, 11) is 0. The minimum Gasteiger partial charge on any atom is -0.480 e. The summed E-state index contributed by atoms with van der Waals surface area (Å²) < 4.78 is 10.9. The quantitative estimate of drug-likeness (QED) is 0.800. The minimum atomic E-state index is -0.402. The van der Waals surface area contributed by atoms with Gasteiger partial charge >= 0.3 is 5.97 Å². The summed E-state index contributed by atoms with van der Waals surface area (Å²) >= 11 is 9.31. The Labute approximate surface area is 108 Å². The predicted octanol–water partition coefficient (Wildman–Crippen LogP) is 3.35. The molecule has 0 amide bonds. The molecule has 0 aliphatic heterocycles. The lowest BCUT2D eigenvalue weighted by Gasteiger charge is -2.10. The third kappa shape index (κ3) is 3.68. The van der Waals surface area contributed by atoms with Crippen molar-refractivity contribution in [2.75, 3.05) is 13.2 Å². The van der Waals surface area contributed by atoms with Gasteiger partial charge in [0, 0.05) is 4.47 Å². The number of hydrogen-bond acceptors (Lipinski definition) is 3. The van der Waals surface area contributed by atoms with Gasteiger partial charge in [-0.1, -0.05) is 27.5 Å². The highest BCUT2D eigenvalue weighted by atomic mass is 79.9. The molecule has 1 aromatic rings. The monoisotopic (exact) mass is 306 g/mol. The average molecular weight is 308 g/mol. The highest BCUT2D eigenvalue weighted by molar-refractivity contribution is 9.10. The van der Waals surface area contributed by atoms with Gasteiger partial charge in [0.1, 0.15) is 5.75 Å². The Morgan fingerprint density at radius 3 is 2.75 bits per heavy atom. The van der Waals surface area contributed by atoms with E-state index in [0.29, 0.717) is 17.4 Å². The van der Waals surface area contributed by atoms with E-state index in [9.17, 15) is 4.79 Å². The van der Waals surface area contributed by atoms with Gasteiger partial charge < -0.3 is 9.47 Å². The predicted molar refractivity (Wildman–Crippen MR) is 66.0 cm³/mol. The molecule has 5 heteroatoms. The molecule has 88 valence electrons. The first-order chi connectivity index (χ1) is 7.54. The van der Waals surface area contributed by atoms with E-state index in [-0.39, 0.29) is 6.61 Å². The zero-order valence-electron chi connectivity index (χ0n) is 9.05. The minimum absolute atomic E-state index is 0.129. The number of halogens is 2. The van der Waals surface area contributed by atoms with E-state index in [4.69, 9.17) is 21.1 Å². The fourth-order valence-electron chi connectivity index (χ4n) is 1.21. The van der Waals surface area contributed by atoms with Gasteiger partial charge in [-0.3, -0.25) is 0 Å². The summed E-state index contributed by atoms with van der Waals surface area (Å²) in [5.74, 6) is 0.110. The molecule has 0 N–H and O–H groups in total. The molecule has 0 saturated heterocycles. The second kappa shape index (κ2) is 6.11. The highest BCUT2D eigenvalue weighted by Crippen LogP contribution is 2.31. The average Bonchev–Trinajstić information content (AvgIpc) is 2.16. The van der Waals surface area contributed by atoms with Crippen LogP contribution in [0.4, 0.5) is 0 Å². The second-order valence-corrected chi connectivity index (χ2v) is 4.45. The Kier molecular flexibility index (Phi) is 5.09. The van der Waals surface area contributed by atoms with Crippen LogP contribution in [-0.4, -0.2) is 19.2 Å². The molecule has 0 saturated carbocycles. The van der Waals surface area contributed by atoms with Gasteiger partial charge in [-0.25, -0.2) is 4.79 Å². The summed E-state index contributed by atoms with van der Waals surface area (Å²) in [4.78, 5) is 11.1. The summed E-state index contributed by atoms with van der Waals surface area (Å²) in [5.41, 5.74) is 0.865. The topological polar surface area (TPSA) is 35.5 Å². The first-order valence-corrected chi connectivity index (χ1v) is 5.95. The second-order valence-electron chi connectivity index (χ2n) is 3.13. The molecular weight excluding hydrogens is 295 g/mol. The molecular formula is C11H12BrClO3. The number of carbonyl (C=O) groups is 1. The highest BCUT2D eigenvalue weighted by Gasteiger charge is 2.10.